The SMILES string of the molecule is c1ccc(OCO/N=N/OCOc2ccccc2)cc1. The Kier molecular flexibility index (Phi) is 5.71. The molecule has 6 nitrogen and oxygen atoms in total. The fraction of sp³-hybridized carbons (Fsp3) is 0.143. The Bertz CT molecular complexity index is 458. The molecule has 0 fully saturated rings. The van der Waals surface area contributed by atoms with E-state index in [1.165, 1.54) is 0 Å². The standard InChI is InChI=1S/C14H14N2O4/c1-3-7-13(8-4-1)17-11-19-15-16-20-12-18-14-9-5-2-6-10-14/h1-10H,11-12H2/b16-15+. The maximum atomic E-state index is 5.22. The lowest BCUT2D eigenvalue weighted by molar-refractivity contribution is -0.0507. The van der Waals surface area contributed by atoms with Crippen LogP contribution in [0.2, 0.25) is 0 Å². The molecule has 104 valence electrons. The minimum absolute atomic E-state index is 0.0452. The first kappa shape index (κ1) is 13.7. The predicted molar refractivity (Wildman–Crippen MR) is 70.9 cm³/mol. The van der Waals surface area contributed by atoms with Gasteiger partial charge >= 0.3 is 0 Å². The van der Waals surface area contributed by atoms with Gasteiger partial charge < -0.3 is 19.1 Å². The third-order valence-corrected chi connectivity index (χ3v) is 2.19. The van der Waals surface area contributed by atoms with Crippen molar-refractivity contribution < 1.29 is 19.1 Å². The van der Waals surface area contributed by atoms with Crippen molar-refractivity contribution >= 4 is 0 Å². The van der Waals surface area contributed by atoms with Gasteiger partial charge in [-0.1, -0.05) is 36.4 Å². The van der Waals surface area contributed by atoms with Crippen molar-refractivity contribution in [2.45, 2.75) is 0 Å². The largest absolute Gasteiger partial charge is 0.455 e. The van der Waals surface area contributed by atoms with Crippen LogP contribution in [0, 0.1) is 0 Å². The smallest absolute Gasteiger partial charge is 0.257 e. The van der Waals surface area contributed by atoms with E-state index < -0.39 is 0 Å². The molecule has 0 amide bonds. The predicted octanol–water partition coefficient (Wildman–Crippen LogP) is 3.37. The summed E-state index contributed by atoms with van der Waals surface area (Å²) in [5, 5.41) is 6.63. The molecule has 20 heavy (non-hydrogen) atoms. The number of ether oxygens (including phenoxy) is 2. The van der Waals surface area contributed by atoms with Crippen molar-refractivity contribution in [3.05, 3.63) is 60.7 Å². The summed E-state index contributed by atoms with van der Waals surface area (Å²) < 4.78 is 10.4. The molecule has 0 heterocycles. The number of hydrogen-bond donors (Lipinski definition) is 0. The van der Waals surface area contributed by atoms with Crippen LogP contribution in [0.25, 0.3) is 0 Å². The zero-order chi connectivity index (χ0) is 13.9. The fourth-order valence-electron chi connectivity index (χ4n) is 1.32. The average molecular weight is 274 g/mol. The first-order valence-corrected chi connectivity index (χ1v) is 5.95. The van der Waals surface area contributed by atoms with Gasteiger partial charge in [0.2, 0.25) is 0 Å². The highest BCUT2D eigenvalue weighted by atomic mass is 16.8. The summed E-state index contributed by atoms with van der Waals surface area (Å²) in [6.07, 6.45) is 0. The van der Waals surface area contributed by atoms with Crippen LogP contribution in [0.1, 0.15) is 0 Å². The summed E-state index contributed by atoms with van der Waals surface area (Å²) >= 11 is 0. The van der Waals surface area contributed by atoms with Crippen LogP contribution in [-0.4, -0.2) is 13.6 Å². The molecule has 0 unspecified atom stereocenters. The molecule has 0 radical (unpaired) electrons. The van der Waals surface area contributed by atoms with E-state index in [2.05, 4.69) is 10.6 Å². The maximum absolute atomic E-state index is 5.22. The molecule has 0 aliphatic heterocycles. The van der Waals surface area contributed by atoms with E-state index in [4.69, 9.17) is 19.1 Å². The highest BCUT2D eigenvalue weighted by Gasteiger charge is 1.91. The lowest BCUT2D eigenvalue weighted by atomic mass is 10.3. The molecule has 2 aromatic carbocycles. The second kappa shape index (κ2) is 8.36. The van der Waals surface area contributed by atoms with Crippen LogP contribution in [-0.2, 0) is 9.68 Å². The van der Waals surface area contributed by atoms with Crippen LogP contribution >= 0.6 is 0 Å². The Labute approximate surface area is 116 Å². The minimum Gasteiger partial charge on any atom is -0.455 e. The molecule has 0 aliphatic rings. The van der Waals surface area contributed by atoms with E-state index in [0.29, 0.717) is 11.5 Å². The third-order valence-electron chi connectivity index (χ3n) is 2.19. The molecular weight excluding hydrogens is 260 g/mol. The summed E-state index contributed by atoms with van der Waals surface area (Å²) in [5.41, 5.74) is 0. The van der Waals surface area contributed by atoms with E-state index in [1.807, 2.05) is 60.7 Å². The molecule has 0 N–H and O–H groups in total. The van der Waals surface area contributed by atoms with Gasteiger partial charge in [-0.2, -0.15) is 0 Å². The van der Waals surface area contributed by atoms with Gasteiger partial charge in [-0.15, -0.1) is 0 Å². The molecular formula is C14H14N2O4. The second-order valence-electron chi connectivity index (χ2n) is 3.57. The van der Waals surface area contributed by atoms with E-state index in [-0.39, 0.29) is 13.6 Å². The maximum Gasteiger partial charge on any atom is 0.257 e. The molecule has 0 bridgehead atoms. The van der Waals surface area contributed by atoms with Gasteiger partial charge in [-0.05, 0) is 24.3 Å². The van der Waals surface area contributed by atoms with Crippen LogP contribution in [0.15, 0.2) is 71.2 Å². The summed E-state index contributed by atoms with van der Waals surface area (Å²) in [6, 6.07) is 18.5. The second-order valence-corrected chi connectivity index (χ2v) is 3.57. The highest BCUT2D eigenvalue weighted by molar-refractivity contribution is 5.21. The van der Waals surface area contributed by atoms with Crippen molar-refractivity contribution in [1.82, 2.24) is 0 Å². The van der Waals surface area contributed by atoms with Crippen LogP contribution in [0.3, 0.4) is 0 Å². The molecule has 2 rings (SSSR count). The fourth-order valence-corrected chi connectivity index (χ4v) is 1.32. The first-order chi connectivity index (χ1) is 9.95. The lowest BCUT2D eigenvalue weighted by Crippen LogP contribution is -1.99. The minimum atomic E-state index is -0.0452. The van der Waals surface area contributed by atoms with E-state index in [0.717, 1.165) is 0 Å². The van der Waals surface area contributed by atoms with Gasteiger partial charge in [0.15, 0.2) is 0 Å². The molecule has 0 aliphatic carbocycles. The van der Waals surface area contributed by atoms with Gasteiger partial charge in [-0.3, -0.25) is 0 Å². The van der Waals surface area contributed by atoms with E-state index in [1.54, 1.807) is 0 Å². The van der Waals surface area contributed by atoms with Crippen LogP contribution in [0.5, 0.6) is 11.5 Å². The van der Waals surface area contributed by atoms with Gasteiger partial charge in [0.25, 0.3) is 13.6 Å². The van der Waals surface area contributed by atoms with E-state index >= 15 is 0 Å². The van der Waals surface area contributed by atoms with Crippen molar-refractivity contribution in [1.29, 1.82) is 0 Å². The van der Waals surface area contributed by atoms with Gasteiger partial charge in [0.1, 0.15) is 11.5 Å². The Morgan fingerprint density at radius 2 is 1.00 bits per heavy atom. The highest BCUT2D eigenvalue weighted by Crippen LogP contribution is 2.08. The van der Waals surface area contributed by atoms with Crippen LogP contribution < -0.4 is 9.47 Å². The average Bonchev–Trinajstić information content (AvgIpc) is 2.52. The topological polar surface area (TPSA) is 61.6 Å². The van der Waals surface area contributed by atoms with Gasteiger partial charge in [0, 0.05) is 0 Å². The summed E-state index contributed by atoms with van der Waals surface area (Å²) in [6.45, 7) is -0.0904. The molecule has 0 spiro atoms. The molecule has 0 atom stereocenters. The zero-order valence-corrected chi connectivity index (χ0v) is 10.7. The van der Waals surface area contributed by atoms with Crippen LogP contribution in [0.4, 0.5) is 0 Å². The molecule has 6 heteroatoms. The molecule has 0 saturated carbocycles. The zero-order valence-electron chi connectivity index (χ0n) is 10.7. The Hall–Kier alpha value is -2.76. The Morgan fingerprint density at radius 1 is 0.600 bits per heavy atom. The van der Waals surface area contributed by atoms with Gasteiger partial charge in [-0.25, -0.2) is 0 Å². The third kappa shape index (κ3) is 5.26. The van der Waals surface area contributed by atoms with Crippen molar-refractivity contribution in [3.8, 4) is 11.5 Å². The Balaban J connectivity index is 1.52. The summed E-state index contributed by atoms with van der Waals surface area (Å²) in [4.78, 5) is 9.49. The van der Waals surface area contributed by atoms with E-state index in [9.17, 15) is 0 Å². The Morgan fingerprint density at radius 3 is 1.40 bits per heavy atom. The quantitative estimate of drug-likeness (QED) is 0.320. The molecule has 0 aromatic heterocycles. The normalized spacial score (nSPS) is 10.2. The lowest BCUT2D eigenvalue weighted by Gasteiger charge is -2.03. The van der Waals surface area contributed by atoms with Crippen molar-refractivity contribution in [3.63, 3.8) is 0 Å². The summed E-state index contributed by atoms with van der Waals surface area (Å²) in [5.74, 6) is 1.38. The number of rotatable bonds is 8. The number of nitrogens with zero attached hydrogens (tertiary/aromatic N) is 2. The van der Waals surface area contributed by atoms with Gasteiger partial charge in [0.05, 0.1) is 10.6 Å². The monoisotopic (exact) mass is 274 g/mol. The number of para-hydroxylation sites is 2. The summed E-state index contributed by atoms with van der Waals surface area (Å²) in [7, 11) is 0. The van der Waals surface area contributed by atoms with Crippen molar-refractivity contribution in [2.24, 2.45) is 10.6 Å². The van der Waals surface area contributed by atoms with Crippen molar-refractivity contribution in [2.75, 3.05) is 13.6 Å². The molecule has 0 saturated heterocycles. The number of benzene rings is 2. The molecule has 2 aromatic rings. The number of hydrogen-bond acceptors (Lipinski definition) is 6. The first-order valence-electron chi connectivity index (χ1n) is 5.95.